The lowest BCUT2D eigenvalue weighted by molar-refractivity contribution is 0.0697. The number of benzene rings is 2. The third-order valence-electron chi connectivity index (χ3n) is 3.04. The molecule has 2 rings (SSSR count). The monoisotopic (exact) mass is 240 g/mol. The Morgan fingerprint density at radius 2 is 1.33 bits per heavy atom. The van der Waals surface area contributed by atoms with Crippen LogP contribution in [0, 0.1) is 0 Å². The van der Waals surface area contributed by atoms with Gasteiger partial charge in [-0.15, -0.1) is 0 Å². The Hall–Kier alpha value is -2.09. The zero-order valence-corrected chi connectivity index (χ0v) is 10.6. The average molecular weight is 240 g/mol. The molecule has 1 N–H and O–H groups in total. The molecule has 0 fully saturated rings. The lowest BCUT2D eigenvalue weighted by atomic mass is 9.98. The van der Waals surface area contributed by atoms with E-state index in [0.29, 0.717) is 11.5 Å². The normalized spacial score (nSPS) is 10.6. The van der Waals surface area contributed by atoms with E-state index in [4.69, 9.17) is 5.11 Å². The van der Waals surface area contributed by atoms with Gasteiger partial charge in [-0.1, -0.05) is 50.2 Å². The molecule has 0 aliphatic carbocycles. The van der Waals surface area contributed by atoms with Gasteiger partial charge in [-0.3, -0.25) is 0 Å². The first-order chi connectivity index (χ1) is 8.58. The second kappa shape index (κ2) is 5.05. The van der Waals surface area contributed by atoms with E-state index >= 15 is 0 Å². The van der Waals surface area contributed by atoms with Crippen molar-refractivity contribution < 1.29 is 9.90 Å². The summed E-state index contributed by atoms with van der Waals surface area (Å²) in [6.45, 7) is 4.33. The standard InChI is InChI=1S/C16H16O2/c1-11(2)12-3-5-13(6-4-12)14-7-9-15(10-8-14)16(17)18/h3-11H,1-2H3,(H,17,18). The Bertz CT molecular complexity index is 536. The lowest BCUT2D eigenvalue weighted by Crippen LogP contribution is -1.95. The molecule has 0 saturated heterocycles. The summed E-state index contributed by atoms with van der Waals surface area (Å²) in [5.41, 5.74) is 3.77. The molecule has 0 bridgehead atoms. The minimum Gasteiger partial charge on any atom is -0.478 e. The zero-order chi connectivity index (χ0) is 13.1. The van der Waals surface area contributed by atoms with Crippen LogP contribution in [0.5, 0.6) is 0 Å². The van der Waals surface area contributed by atoms with Gasteiger partial charge in [0, 0.05) is 0 Å². The molecular weight excluding hydrogens is 224 g/mol. The van der Waals surface area contributed by atoms with Gasteiger partial charge in [-0.05, 0) is 34.7 Å². The van der Waals surface area contributed by atoms with Crippen molar-refractivity contribution in [1.29, 1.82) is 0 Å². The Morgan fingerprint density at radius 3 is 1.72 bits per heavy atom. The molecule has 18 heavy (non-hydrogen) atoms. The molecule has 0 amide bonds. The number of rotatable bonds is 3. The summed E-state index contributed by atoms with van der Waals surface area (Å²) in [4.78, 5) is 10.8. The van der Waals surface area contributed by atoms with E-state index in [1.807, 2.05) is 12.1 Å². The van der Waals surface area contributed by atoms with Crippen LogP contribution >= 0.6 is 0 Å². The second-order valence-corrected chi connectivity index (χ2v) is 4.66. The third kappa shape index (κ3) is 2.59. The molecule has 0 saturated carbocycles. The fourth-order valence-electron chi connectivity index (χ4n) is 1.87. The van der Waals surface area contributed by atoms with Gasteiger partial charge in [-0.25, -0.2) is 4.79 Å². The number of carboxylic acid groups (broad SMARTS) is 1. The van der Waals surface area contributed by atoms with Gasteiger partial charge in [0.2, 0.25) is 0 Å². The first-order valence-electron chi connectivity index (χ1n) is 6.01. The van der Waals surface area contributed by atoms with Crippen molar-refractivity contribution in [3.63, 3.8) is 0 Å². The lowest BCUT2D eigenvalue weighted by Gasteiger charge is -2.07. The Labute approximate surface area is 107 Å². The Morgan fingerprint density at radius 1 is 0.889 bits per heavy atom. The summed E-state index contributed by atoms with van der Waals surface area (Å²) in [5.74, 6) is -0.370. The van der Waals surface area contributed by atoms with Crippen molar-refractivity contribution in [1.82, 2.24) is 0 Å². The number of carboxylic acids is 1. The zero-order valence-electron chi connectivity index (χ0n) is 10.6. The van der Waals surface area contributed by atoms with Gasteiger partial charge >= 0.3 is 5.97 Å². The van der Waals surface area contributed by atoms with E-state index in [0.717, 1.165) is 11.1 Å². The second-order valence-electron chi connectivity index (χ2n) is 4.66. The molecule has 0 heterocycles. The summed E-state index contributed by atoms with van der Waals surface area (Å²) in [6.07, 6.45) is 0. The average Bonchev–Trinajstić information content (AvgIpc) is 2.39. The van der Waals surface area contributed by atoms with Crippen LogP contribution in [0.4, 0.5) is 0 Å². The Kier molecular flexibility index (Phi) is 3.47. The quantitative estimate of drug-likeness (QED) is 0.874. The predicted octanol–water partition coefficient (Wildman–Crippen LogP) is 4.18. The van der Waals surface area contributed by atoms with Crippen molar-refractivity contribution >= 4 is 5.97 Å². The van der Waals surface area contributed by atoms with Crippen LogP contribution in [0.2, 0.25) is 0 Å². The van der Waals surface area contributed by atoms with Gasteiger partial charge in [0.15, 0.2) is 0 Å². The highest BCUT2D eigenvalue weighted by molar-refractivity contribution is 5.88. The maximum absolute atomic E-state index is 10.8. The minimum atomic E-state index is -0.892. The van der Waals surface area contributed by atoms with Crippen LogP contribution in [0.1, 0.15) is 35.7 Å². The molecule has 0 aliphatic rings. The van der Waals surface area contributed by atoms with Gasteiger partial charge in [-0.2, -0.15) is 0 Å². The van der Waals surface area contributed by atoms with E-state index in [9.17, 15) is 4.79 Å². The summed E-state index contributed by atoms with van der Waals surface area (Å²) in [5, 5.41) is 8.84. The number of aromatic carboxylic acids is 1. The summed E-state index contributed by atoms with van der Waals surface area (Å²) in [6, 6.07) is 15.3. The molecule has 2 heteroatoms. The number of hydrogen-bond donors (Lipinski definition) is 1. The summed E-state index contributed by atoms with van der Waals surface area (Å²) < 4.78 is 0. The molecule has 0 spiro atoms. The number of hydrogen-bond acceptors (Lipinski definition) is 1. The molecule has 2 aromatic rings. The highest BCUT2D eigenvalue weighted by atomic mass is 16.4. The third-order valence-corrected chi connectivity index (χ3v) is 3.04. The maximum atomic E-state index is 10.8. The van der Waals surface area contributed by atoms with Crippen LogP contribution < -0.4 is 0 Å². The van der Waals surface area contributed by atoms with Gasteiger partial charge in [0.05, 0.1) is 5.56 Å². The summed E-state index contributed by atoms with van der Waals surface area (Å²) >= 11 is 0. The van der Waals surface area contributed by atoms with Gasteiger partial charge in [0.25, 0.3) is 0 Å². The van der Waals surface area contributed by atoms with Crippen molar-refractivity contribution in [2.24, 2.45) is 0 Å². The van der Waals surface area contributed by atoms with Crippen LogP contribution in [-0.2, 0) is 0 Å². The van der Waals surface area contributed by atoms with Crippen LogP contribution in [0.25, 0.3) is 11.1 Å². The molecule has 92 valence electrons. The SMILES string of the molecule is CC(C)c1ccc(-c2ccc(C(=O)O)cc2)cc1. The molecule has 0 unspecified atom stereocenters. The van der Waals surface area contributed by atoms with E-state index in [1.54, 1.807) is 12.1 Å². The first-order valence-corrected chi connectivity index (χ1v) is 6.01. The number of carbonyl (C=O) groups is 1. The molecule has 0 radical (unpaired) electrons. The van der Waals surface area contributed by atoms with Gasteiger partial charge in [0.1, 0.15) is 0 Å². The smallest absolute Gasteiger partial charge is 0.335 e. The molecule has 2 nitrogen and oxygen atoms in total. The topological polar surface area (TPSA) is 37.3 Å². The van der Waals surface area contributed by atoms with Crippen molar-refractivity contribution in [2.45, 2.75) is 19.8 Å². The maximum Gasteiger partial charge on any atom is 0.335 e. The molecule has 0 aromatic heterocycles. The fourth-order valence-corrected chi connectivity index (χ4v) is 1.87. The first kappa shape index (κ1) is 12.4. The molecule has 2 aromatic carbocycles. The van der Waals surface area contributed by atoms with Crippen LogP contribution in [0.3, 0.4) is 0 Å². The largest absolute Gasteiger partial charge is 0.478 e. The van der Waals surface area contributed by atoms with Crippen LogP contribution in [-0.4, -0.2) is 11.1 Å². The minimum absolute atomic E-state index is 0.317. The highest BCUT2D eigenvalue weighted by Crippen LogP contribution is 2.23. The highest BCUT2D eigenvalue weighted by Gasteiger charge is 2.04. The predicted molar refractivity (Wildman–Crippen MR) is 72.9 cm³/mol. The molecular formula is C16H16O2. The van der Waals surface area contributed by atoms with Crippen LogP contribution in [0.15, 0.2) is 48.5 Å². The van der Waals surface area contributed by atoms with E-state index < -0.39 is 5.97 Å². The van der Waals surface area contributed by atoms with Gasteiger partial charge < -0.3 is 5.11 Å². The van der Waals surface area contributed by atoms with E-state index in [2.05, 4.69) is 38.1 Å². The van der Waals surface area contributed by atoms with Crippen molar-refractivity contribution in [3.8, 4) is 11.1 Å². The van der Waals surface area contributed by atoms with Crippen molar-refractivity contribution in [3.05, 3.63) is 59.7 Å². The fraction of sp³-hybridized carbons (Fsp3) is 0.188. The molecule has 0 aliphatic heterocycles. The summed E-state index contributed by atoms with van der Waals surface area (Å²) in [7, 11) is 0. The Balaban J connectivity index is 2.28. The molecule has 0 atom stereocenters. The van der Waals surface area contributed by atoms with E-state index in [-0.39, 0.29) is 0 Å². The van der Waals surface area contributed by atoms with E-state index in [1.165, 1.54) is 5.56 Å². The van der Waals surface area contributed by atoms with Crippen molar-refractivity contribution in [2.75, 3.05) is 0 Å².